The van der Waals surface area contributed by atoms with E-state index in [-0.39, 0.29) is 42.1 Å². The smallest absolute Gasteiger partial charge is 0.243 e. The lowest BCUT2D eigenvalue weighted by Crippen LogP contribution is -2.48. The molecule has 1 saturated heterocycles. The highest BCUT2D eigenvalue weighted by molar-refractivity contribution is 7.97. The molecule has 1 heterocycles. The number of nitrogens with zero attached hydrogens (tertiary/aromatic N) is 1. The van der Waals surface area contributed by atoms with Crippen LogP contribution in [-0.4, -0.2) is 85.1 Å². The van der Waals surface area contributed by atoms with Crippen LogP contribution in [0.1, 0.15) is 77.8 Å². The molecular weight excluding hydrogens is 655 g/mol. The second-order valence-electron chi connectivity index (χ2n) is 14.4. The maximum absolute atomic E-state index is 13.8. The Balaban J connectivity index is 1.53. The van der Waals surface area contributed by atoms with E-state index in [9.17, 15) is 14.4 Å². The lowest BCUT2D eigenvalue weighted by atomic mass is 9.93. The first-order valence-corrected chi connectivity index (χ1v) is 18.2. The van der Waals surface area contributed by atoms with Crippen molar-refractivity contribution >= 4 is 41.2 Å². The Morgan fingerprint density at radius 3 is 2.38 bits per heavy atom. The number of nitrogens with one attached hydrogen (secondary N) is 4. The Morgan fingerprint density at radius 2 is 1.70 bits per heavy atom. The van der Waals surface area contributed by atoms with E-state index >= 15 is 0 Å². The van der Waals surface area contributed by atoms with E-state index in [4.69, 9.17) is 26.4 Å². The molecule has 3 amide bonds. The lowest BCUT2D eigenvalue weighted by Gasteiger charge is -2.34. The summed E-state index contributed by atoms with van der Waals surface area (Å²) < 4.78 is 15.0. The van der Waals surface area contributed by atoms with Gasteiger partial charge < -0.3 is 36.5 Å². The Morgan fingerprint density at radius 1 is 1.00 bits per heavy atom. The molecule has 8 N–H and O–H groups in total. The van der Waals surface area contributed by atoms with Gasteiger partial charge in [-0.2, -0.15) is 0 Å². The summed E-state index contributed by atoms with van der Waals surface area (Å²) in [6.45, 7) is 12.6. The fraction of sp³-hybridized carbons (Fsp3) is 0.568. The summed E-state index contributed by atoms with van der Waals surface area (Å²) in [5.41, 5.74) is 12.8. The zero-order chi connectivity index (χ0) is 36.7. The average Bonchev–Trinajstić information content (AvgIpc) is 3.07. The molecule has 50 heavy (non-hydrogen) atoms. The Labute approximate surface area is 301 Å². The first-order chi connectivity index (χ1) is 23.6. The SMILES string of the molecule is CC(C)(C)OCCOC(C)(C)CCC(=O)NCC(=O)Nc1cccc(SN[C@@H](Cc2cccc(C(=N)N)c2)C(=O)N2CCC(CCN)CC2)c1. The fourth-order valence-corrected chi connectivity index (χ4v) is 6.38. The number of piperidine rings is 1. The van der Waals surface area contributed by atoms with Gasteiger partial charge in [0.15, 0.2) is 0 Å². The van der Waals surface area contributed by atoms with Crippen molar-refractivity contribution in [2.45, 2.75) is 95.3 Å². The van der Waals surface area contributed by atoms with Crippen molar-refractivity contribution in [1.82, 2.24) is 14.9 Å². The van der Waals surface area contributed by atoms with Gasteiger partial charge in [0.2, 0.25) is 17.7 Å². The Kier molecular flexibility index (Phi) is 16.2. The molecule has 0 saturated carbocycles. The number of carbonyl (C=O) groups excluding carboxylic acids is 3. The van der Waals surface area contributed by atoms with Gasteiger partial charge >= 0.3 is 0 Å². The predicted molar refractivity (Wildman–Crippen MR) is 200 cm³/mol. The molecule has 1 aliphatic heterocycles. The van der Waals surface area contributed by atoms with E-state index < -0.39 is 11.6 Å². The van der Waals surface area contributed by atoms with Crippen LogP contribution in [0.5, 0.6) is 0 Å². The Bertz CT molecular complexity index is 1420. The lowest BCUT2D eigenvalue weighted by molar-refractivity contribution is -0.134. The monoisotopic (exact) mass is 711 g/mol. The first kappa shape index (κ1) is 40.9. The summed E-state index contributed by atoms with van der Waals surface area (Å²) in [6.07, 6.45) is 3.99. The highest BCUT2D eigenvalue weighted by Gasteiger charge is 2.29. The van der Waals surface area contributed by atoms with Crippen LogP contribution in [-0.2, 0) is 30.3 Å². The van der Waals surface area contributed by atoms with Crippen LogP contribution < -0.4 is 26.8 Å². The van der Waals surface area contributed by atoms with Gasteiger partial charge in [-0.1, -0.05) is 24.3 Å². The zero-order valence-electron chi connectivity index (χ0n) is 30.3. The number of carbonyl (C=O) groups is 3. The van der Waals surface area contributed by atoms with Crippen LogP contribution in [0.3, 0.4) is 0 Å². The van der Waals surface area contributed by atoms with Crippen molar-refractivity contribution in [1.29, 1.82) is 5.41 Å². The van der Waals surface area contributed by atoms with E-state index in [2.05, 4.69) is 15.4 Å². The van der Waals surface area contributed by atoms with Crippen molar-refractivity contribution in [2.24, 2.45) is 17.4 Å². The van der Waals surface area contributed by atoms with Gasteiger partial charge in [0.1, 0.15) is 11.9 Å². The molecule has 1 fully saturated rings. The quantitative estimate of drug-likeness (QED) is 0.0538. The zero-order valence-corrected chi connectivity index (χ0v) is 31.1. The second-order valence-corrected chi connectivity index (χ2v) is 15.3. The fourth-order valence-electron chi connectivity index (χ4n) is 5.58. The third kappa shape index (κ3) is 15.2. The molecule has 1 atom stereocenters. The standard InChI is InChI=1S/C37H57N7O5S/c1-36(2,3)48-20-21-49-37(4,5)16-12-32(45)41-25-33(46)42-29-10-7-11-30(24-29)50-43-31(23-27-8-6-9-28(22-27)34(39)40)35(47)44-18-14-26(13-17-38)15-19-44/h6-11,22,24,26,31,43H,12-21,23,25,38H2,1-5H3,(H3,39,40)(H,41,45)(H,42,46)/t31-/m0/s1. The molecule has 0 spiro atoms. The normalized spacial score (nSPS) is 14.6. The Hall–Kier alpha value is -3.49. The van der Waals surface area contributed by atoms with Crippen LogP contribution >= 0.6 is 11.9 Å². The molecule has 0 aliphatic carbocycles. The van der Waals surface area contributed by atoms with Gasteiger partial charge in [0.05, 0.1) is 31.0 Å². The van der Waals surface area contributed by atoms with Gasteiger partial charge in [-0.15, -0.1) is 0 Å². The maximum atomic E-state index is 13.8. The molecule has 0 unspecified atom stereocenters. The number of nitrogen functional groups attached to an aromatic ring is 1. The van der Waals surface area contributed by atoms with Crippen molar-refractivity contribution in [2.75, 3.05) is 44.7 Å². The summed E-state index contributed by atoms with van der Waals surface area (Å²) in [7, 11) is 0. The van der Waals surface area contributed by atoms with Crippen LogP contribution in [0.2, 0.25) is 0 Å². The van der Waals surface area contributed by atoms with Crippen LogP contribution in [0, 0.1) is 11.3 Å². The summed E-state index contributed by atoms with van der Waals surface area (Å²) in [5, 5.41) is 13.3. The van der Waals surface area contributed by atoms with Gasteiger partial charge in [0.25, 0.3) is 0 Å². The van der Waals surface area contributed by atoms with Gasteiger partial charge in [-0.3, -0.25) is 19.8 Å². The third-order valence-electron chi connectivity index (χ3n) is 8.43. The number of likely N-dealkylation sites (tertiary alicyclic amines) is 1. The molecular formula is C37H57N7O5S. The minimum atomic E-state index is -0.533. The third-order valence-corrected chi connectivity index (χ3v) is 9.32. The van der Waals surface area contributed by atoms with Crippen LogP contribution in [0.4, 0.5) is 5.69 Å². The number of amides is 3. The first-order valence-electron chi connectivity index (χ1n) is 17.4. The number of benzene rings is 2. The predicted octanol–water partition coefficient (Wildman–Crippen LogP) is 4.21. The molecule has 12 nitrogen and oxygen atoms in total. The number of amidine groups is 1. The summed E-state index contributed by atoms with van der Waals surface area (Å²) in [6, 6.07) is 14.2. The molecule has 0 bridgehead atoms. The highest BCUT2D eigenvalue weighted by Crippen LogP contribution is 2.24. The van der Waals surface area contributed by atoms with E-state index in [0.717, 1.165) is 29.7 Å². The number of rotatable bonds is 19. The summed E-state index contributed by atoms with van der Waals surface area (Å²) in [5.74, 6) is -0.0468. The number of hydrogen-bond donors (Lipinski definition) is 6. The van der Waals surface area contributed by atoms with Crippen molar-refractivity contribution in [3.63, 3.8) is 0 Å². The van der Waals surface area contributed by atoms with Gasteiger partial charge in [0, 0.05) is 35.7 Å². The van der Waals surface area contributed by atoms with Crippen molar-refractivity contribution < 1.29 is 23.9 Å². The highest BCUT2D eigenvalue weighted by atomic mass is 32.2. The molecule has 2 aromatic rings. The minimum Gasteiger partial charge on any atom is -0.384 e. The number of hydrogen-bond acceptors (Lipinski definition) is 9. The van der Waals surface area contributed by atoms with Crippen LogP contribution in [0.25, 0.3) is 0 Å². The molecule has 1 aliphatic rings. The van der Waals surface area contributed by atoms with Gasteiger partial charge in [-0.05, 0) is 121 Å². The maximum Gasteiger partial charge on any atom is 0.243 e. The van der Waals surface area contributed by atoms with E-state index in [1.807, 2.05) is 75.9 Å². The summed E-state index contributed by atoms with van der Waals surface area (Å²) >= 11 is 1.31. The number of ether oxygens (including phenoxy) is 2. The van der Waals surface area contributed by atoms with Crippen molar-refractivity contribution in [3.05, 3.63) is 59.7 Å². The van der Waals surface area contributed by atoms with E-state index in [1.165, 1.54) is 11.9 Å². The molecule has 276 valence electrons. The molecule has 3 rings (SSSR count). The van der Waals surface area contributed by atoms with Crippen molar-refractivity contribution in [3.8, 4) is 0 Å². The topological polar surface area (TPSA) is 185 Å². The average molecular weight is 712 g/mol. The molecule has 13 heteroatoms. The molecule has 0 aromatic heterocycles. The largest absolute Gasteiger partial charge is 0.384 e. The minimum absolute atomic E-state index is 0.0154. The van der Waals surface area contributed by atoms with E-state index in [1.54, 1.807) is 12.1 Å². The number of nitrogens with two attached hydrogens (primary N) is 2. The summed E-state index contributed by atoms with van der Waals surface area (Å²) in [4.78, 5) is 41.7. The number of anilines is 1. The van der Waals surface area contributed by atoms with Crippen LogP contribution in [0.15, 0.2) is 53.4 Å². The molecule has 2 aromatic carbocycles. The molecule has 0 radical (unpaired) electrons. The van der Waals surface area contributed by atoms with E-state index in [0.29, 0.717) is 62.9 Å². The van der Waals surface area contributed by atoms with Gasteiger partial charge in [-0.25, -0.2) is 4.72 Å². The second kappa shape index (κ2) is 19.8.